The molecule has 2 aromatic rings. The van der Waals surface area contributed by atoms with Crippen LogP contribution in [-0.4, -0.2) is 20.9 Å². The minimum Gasteiger partial charge on any atom is -0.356 e. The summed E-state index contributed by atoms with van der Waals surface area (Å²) in [7, 11) is -3.60. The van der Waals surface area contributed by atoms with Crippen molar-refractivity contribution in [2.24, 2.45) is 5.92 Å². The molecule has 0 bridgehead atoms. The Labute approximate surface area is 162 Å². The van der Waals surface area contributed by atoms with Crippen LogP contribution in [0.15, 0.2) is 59.5 Å². The highest BCUT2D eigenvalue weighted by Gasteiger charge is 2.18. The van der Waals surface area contributed by atoms with Crippen molar-refractivity contribution in [3.05, 3.63) is 65.7 Å². The smallest absolute Gasteiger partial charge is 0.241 e. The fraction of sp³-hybridized carbons (Fsp3) is 0.381. The summed E-state index contributed by atoms with van der Waals surface area (Å²) in [4.78, 5) is 12.0. The zero-order valence-corrected chi connectivity index (χ0v) is 16.9. The van der Waals surface area contributed by atoms with E-state index in [2.05, 4.69) is 10.0 Å². The zero-order valence-electron chi connectivity index (χ0n) is 16.1. The quantitative estimate of drug-likeness (QED) is 0.691. The monoisotopic (exact) mass is 388 g/mol. The van der Waals surface area contributed by atoms with Crippen molar-refractivity contribution in [1.29, 1.82) is 0 Å². The molecule has 27 heavy (non-hydrogen) atoms. The summed E-state index contributed by atoms with van der Waals surface area (Å²) in [5.74, 6) is 0.433. The van der Waals surface area contributed by atoms with Crippen molar-refractivity contribution in [2.75, 3.05) is 6.54 Å². The van der Waals surface area contributed by atoms with Crippen LogP contribution in [0, 0.1) is 5.92 Å². The Bertz CT molecular complexity index is 831. The van der Waals surface area contributed by atoms with Gasteiger partial charge in [-0.3, -0.25) is 4.79 Å². The largest absolute Gasteiger partial charge is 0.356 e. The van der Waals surface area contributed by atoms with Crippen LogP contribution in [0.4, 0.5) is 0 Å². The maximum Gasteiger partial charge on any atom is 0.241 e. The SMILES string of the molecule is CC(C)CNC(=O)CCc1ccc(S(=O)(=O)N[C@@H](C)c2ccccc2)cc1. The molecule has 0 aliphatic carbocycles. The minimum atomic E-state index is -3.60. The molecule has 0 fully saturated rings. The van der Waals surface area contributed by atoms with Gasteiger partial charge in [-0.25, -0.2) is 13.1 Å². The van der Waals surface area contributed by atoms with E-state index in [1.807, 2.05) is 51.1 Å². The number of aryl methyl sites for hydroxylation is 1. The van der Waals surface area contributed by atoms with Gasteiger partial charge in [-0.1, -0.05) is 56.3 Å². The van der Waals surface area contributed by atoms with Crippen LogP contribution in [0.1, 0.15) is 44.4 Å². The number of amides is 1. The van der Waals surface area contributed by atoms with E-state index in [-0.39, 0.29) is 16.8 Å². The van der Waals surface area contributed by atoms with Gasteiger partial charge in [-0.05, 0) is 42.5 Å². The van der Waals surface area contributed by atoms with Crippen LogP contribution in [0.5, 0.6) is 0 Å². The van der Waals surface area contributed by atoms with Crippen molar-refractivity contribution < 1.29 is 13.2 Å². The molecule has 0 aliphatic heterocycles. The first kappa shape index (κ1) is 21.1. The molecule has 0 radical (unpaired) electrons. The first-order valence-electron chi connectivity index (χ1n) is 9.21. The molecule has 2 rings (SSSR count). The van der Waals surface area contributed by atoms with Crippen LogP contribution in [0.2, 0.25) is 0 Å². The van der Waals surface area contributed by atoms with Crippen LogP contribution in [0.3, 0.4) is 0 Å². The third-order valence-electron chi connectivity index (χ3n) is 4.21. The van der Waals surface area contributed by atoms with Gasteiger partial charge >= 0.3 is 0 Å². The Morgan fingerprint density at radius 2 is 1.59 bits per heavy atom. The second kappa shape index (κ2) is 9.67. The van der Waals surface area contributed by atoms with Crippen molar-refractivity contribution in [1.82, 2.24) is 10.0 Å². The second-order valence-electron chi connectivity index (χ2n) is 7.10. The maximum atomic E-state index is 12.6. The lowest BCUT2D eigenvalue weighted by atomic mass is 10.1. The summed E-state index contributed by atoms with van der Waals surface area (Å²) in [6.45, 7) is 6.58. The third kappa shape index (κ3) is 6.81. The van der Waals surface area contributed by atoms with E-state index in [0.717, 1.165) is 11.1 Å². The standard InChI is InChI=1S/C21H28N2O3S/c1-16(2)15-22-21(24)14-11-18-9-12-20(13-10-18)27(25,26)23-17(3)19-7-5-4-6-8-19/h4-10,12-13,16-17,23H,11,14-15H2,1-3H3,(H,22,24)/t17-/m0/s1. The van der Waals surface area contributed by atoms with Gasteiger partial charge in [0.2, 0.25) is 15.9 Å². The maximum absolute atomic E-state index is 12.6. The summed E-state index contributed by atoms with van der Waals surface area (Å²) in [6, 6.07) is 15.8. The molecule has 0 aliphatic rings. The number of carbonyl (C=O) groups excluding carboxylic acids is 1. The summed E-state index contributed by atoms with van der Waals surface area (Å²) in [5.41, 5.74) is 1.84. The zero-order chi connectivity index (χ0) is 19.9. The topological polar surface area (TPSA) is 75.3 Å². The Hall–Kier alpha value is -2.18. The molecule has 2 N–H and O–H groups in total. The third-order valence-corrected chi connectivity index (χ3v) is 5.77. The van der Waals surface area contributed by atoms with Crippen LogP contribution < -0.4 is 10.0 Å². The van der Waals surface area contributed by atoms with Crippen LogP contribution in [-0.2, 0) is 21.2 Å². The summed E-state index contributed by atoms with van der Waals surface area (Å²) >= 11 is 0. The fourth-order valence-corrected chi connectivity index (χ4v) is 3.84. The van der Waals surface area contributed by atoms with E-state index < -0.39 is 10.0 Å². The van der Waals surface area contributed by atoms with Crippen molar-refractivity contribution in [3.8, 4) is 0 Å². The molecule has 0 aromatic heterocycles. The number of nitrogens with one attached hydrogen (secondary N) is 2. The van der Waals surface area contributed by atoms with E-state index in [1.165, 1.54) is 0 Å². The Morgan fingerprint density at radius 3 is 2.19 bits per heavy atom. The molecular formula is C21H28N2O3S. The highest BCUT2D eigenvalue weighted by atomic mass is 32.2. The molecule has 0 saturated heterocycles. The summed E-state index contributed by atoms with van der Waals surface area (Å²) in [5, 5.41) is 2.88. The molecule has 0 saturated carbocycles. The number of hydrogen-bond donors (Lipinski definition) is 2. The van der Waals surface area contributed by atoms with Crippen molar-refractivity contribution in [2.45, 2.75) is 44.6 Å². The molecule has 2 aromatic carbocycles. The van der Waals surface area contributed by atoms with Gasteiger partial charge in [0.1, 0.15) is 0 Å². The van der Waals surface area contributed by atoms with Gasteiger partial charge in [0.05, 0.1) is 4.90 Å². The van der Waals surface area contributed by atoms with Crippen molar-refractivity contribution >= 4 is 15.9 Å². The predicted molar refractivity (Wildman–Crippen MR) is 108 cm³/mol. The van der Waals surface area contributed by atoms with E-state index >= 15 is 0 Å². The highest BCUT2D eigenvalue weighted by molar-refractivity contribution is 7.89. The van der Waals surface area contributed by atoms with Gasteiger partial charge in [0.15, 0.2) is 0 Å². The molecule has 1 atom stereocenters. The van der Waals surface area contributed by atoms with E-state index in [4.69, 9.17) is 0 Å². The van der Waals surface area contributed by atoms with Crippen LogP contribution in [0.25, 0.3) is 0 Å². The molecule has 1 amide bonds. The van der Waals surface area contributed by atoms with Gasteiger partial charge in [-0.2, -0.15) is 0 Å². The van der Waals surface area contributed by atoms with Gasteiger partial charge < -0.3 is 5.32 Å². The van der Waals surface area contributed by atoms with Gasteiger partial charge in [-0.15, -0.1) is 0 Å². The summed E-state index contributed by atoms with van der Waals surface area (Å²) in [6.07, 6.45) is 0.972. The lowest BCUT2D eigenvalue weighted by molar-refractivity contribution is -0.121. The number of hydrogen-bond acceptors (Lipinski definition) is 3. The Morgan fingerprint density at radius 1 is 0.963 bits per heavy atom. The van der Waals surface area contributed by atoms with E-state index in [9.17, 15) is 13.2 Å². The lowest BCUT2D eigenvalue weighted by Crippen LogP contribution is -2.27. The van der Waals surface area contributed by atoms with Crippen LogP contribution >= 0.6 is 0 Å². The molecule has 0 spiro atoms. The Kier molecular flexibility index (Phi) is 7.56. The number of rotatable bonds is 9. The van der Waals surface area contributed by atoms with Gasteiger partial charge in [0.25, 0.3) is 0 Å². The van der Waals surface area contributed by atoms with Crippen molar-refractivity contribution in [3.63, 3.8) is 0 Å². The average Bonchev–Trinajstić information content (AvgIpc) is 2.65. The second-order valence-corrected chi connectivity index (χ2v) is 8.81. The van der Waals surface area contributed by atoms with E-state index in [0.29, 0.717) is 25.3 Å². The Balaban J connectivity index is 1.94. The molecule has 5 nitrogen and oxygen atoms in total. The first-order chi connectivity index (χ1) is 12.8. The molecule has 146 valence electrons. The highest BCUT2D eigenvalue weighted by Crippen LogP contribution is 2.17. The fourth-order valence-electron chi connectivity index (χ4n) is 2.61. The molecular weight excluding hydrogens is 360 g/mol. The number of sulfonamides is 1. The first-order valence-corrected chi connectivity index (χ1v) is 10.7. The normalized spacial score (nSPS) is 12.7. The average molecular weight is 389 g/mol. The van der Waals surface area contributed by atoms with Gasteiger partial charge in [0, 0.05) is 19.0 Å². The van der Waals surface area contributed by atoms with E-state index in [1.54, 1.807) is 24.3 Å². The molecule has 0 heterocycles. The molecule has 0 unspecified atom stereocenters. The number of carbonyl (C=O) groups is 1. The minimum absolute atomic E-state index is 0.0127. The number of benzene rings is 2. The predicted octanol–water partition coefficient (Wildman–Crippen LogP) is 3.43. The molecule has 6 heteroatoms. The summed E-state index contributed by atoms with van der Waals surface area (Å²) < 4.78 is 27.8. The lowest BCUT2D eigenvalue weighted by Gasteiger charge is -2.15.